The molecule has 0 saturated heterocycles. The van der Waals surface area contributed by atoms with Crippen LogP contribution in [-0.4, -0.2) is 26.2 Å². The fourth-order valence-corrected chi connectivity index (χ4v) is 2.84. The van der Waals surface area contributed by atoms with Crippen molar-refractivity contribution in [3.05, 3.63) is 53.1 Å². The molecule has 27 heavy (non-hydrogen) atoms. The number of carbonyl (C=O) groups excluding carboxylic acids is 1. The predicted molar refractivity (Wildman–Crippen MR) is 107 cm³/mol. The molecule has 0 aromatic heterocycles. The van der Waals surface area contributed by atoms with E-state index in [4.69, 9.17) is 14.2 Å². The van der Waals surface area contributed by atoms with Gasteiger partial charge in [-0.25, -0.2) is 0 Å². The van der Waals surface area contributed by atoms with Crippen molar-refractivity contribution in [2.45, 2.75) is 46.3 Å². The van der Waals surface area contributed by atoms with E-state index in [1.54, 1.807) is 14.2 Å². The molecule has 1 N–H and O–H groups in total. The second-order valence-corrected chi connectivity index (χ2v) is 6.56. The SMILES string of the molecule is CC[C@H](Oc1cccc(C)c1C)C(=O)N[C@@H](C)c1ccc(OC)c(OC)c1. The van der Waals surface area contributed by atoms with Gasteiger partial charge in [0.2, 0.25) is 0 Å². The van der Waals surface area contributed by atoms with Crippen molar-refractivity contribution in [1.29, 1.82) is 0 Å². The fourth-order valence-electron chi connectivity index (χ4n) is 2.84. The van der Waals surface area contributed by atoms with E-state index in [0.717, 1.165) is 22.4 Å². The standard InChI is InChI=1S/C22H29NO4/c1-7-18(27-19-10-8-9-14(2)15(19)3)22(24)23-16(4)17-11-12-20(25-5)21(13-17)26-6/h8-13,16,18H,7H2,1-6H3,(H,23,24)/t16-,18-/m0/s1. The van der Waals surface area contributed by atoms with Gasteiger partial charge in [0.15, 0.2) is 17.6 Å². The molecule has 0 fully saturated rings. The number of carbonyl (C=O) groups is 1. The van der Waals surface area contributed by atoms with Gasteiger partial charge >= 0.3 is 0 Å². The number of benzene rings is 2. The van der Waals surface area contributed by atoms with E-state index in [1.807, 2.05) is 64.1 Å². The predicted octanol–water partition coefficient (Wildman–Crippen LogP) is 4.36. The number of hydrogen-bond donors (Lipinski definition) is 1. The van der Waals surface area contributed by atoms with Crippen molar-refractivity contribution in [1.82, 2.24) is 5.32 Å². The third kappa shape index (κ3) is 4.94. The van der Waals surface area contributed by atoms with Gasteiger partial charge in [-0.3, -0.25) is 4.79 Å². The maximum Gasteiger partial charge on any atom is 0.261 e. The van der Waals surface area contributed by atoms with Crippen LogP contribution in [0.4, 0.5) is 0 Å². The van der Waals surface area contributed by atoms with Crippen LogP contribution in [0.15, 0.2) is 36.4 Å². The van der Waals surface area contributed by atoms with E-state index in [2.05, 4.69) is 5.32 Å². The second-order valence-electron chi connectivity index (χ2n) is 6.56. The molecule has 0 saturated carbocycles. The third-order valence-electron chi connectivity index (χ3n) is 4.75. The number of nitrogens with one attached hydrogen (secondary N) is 1. The van der Waals surface area contributed by atoms with Gasteiger partial charge in [0.25, 0.3) is 5.91 Å². The highest BCUT2D eigenvalue weighted by atomic mass is 16.5. The van der Waals surface area contributed by atoms with Crippen molar-refractivity contribution < 1.29 is 19.0 Å². The number of aryl methyl sites for hydroxylation is 1. The highest BCUT2D eigenvalue weighted by Gasteiger charge is 2.22. The molecule has 5 heteroatoms. The average molecular weight is 371 g/mol. The maximum atomic E-state index is 12.7. The summed E-state index contributed by atoms with van der Waals surface area (Å²) in [5.74, 6) is 1.90. The molecule has 0 aliphatic carbocycles. The minimum absolute atomic E-state index is 0.138. The van der Waals surface area contributed by atoms with E-state index in [9.17, 15) is 4.79 Å². The summed E-state index contributed by atoms with van der Waals surface area (Å²) in [6, 6.07) is 11.3. The summed E-state index contributed by atoms with van der Waals surface area (Å²) in [5, 5.41) is 3.03. The minimum Gasteiger partial charge on any atom is -0.493 e. The molecule has 0 aliphatic rings. The van der Waals surface area contributed by atoms with Crippen molar-refractivity contribution in [3.63, 3.8) is 0 Å². The van der Waals surface area contributed by atoms with Crippen LogP contribution in [0.2, 0.25) is 0 Å². The Bertz CT molecular complexity index is 788. The van der Waals surface area contributed by atoms with Crippen LogP contribution < -0.4 is 19.5 Å². The van der Waals surface area contributed by atoms with E-state index in [-0.39, 0.29) is 11.9 Å². The van der Waals surface area contributed by atoms with Gasteiger partial charge in [-0.2, -0.15) is 0 Å². The molecule has 0 bridgehead atoms. The van der Waals surface area contributed by atoms with Gasteiger partial charge in [0, 0.05) is 0 Å². The summed E-state index contributed by atoms with van der Waals surface area (Å²) < 4.78 is 16.6. The second kappa shape index (κ2) is 9.31. The van der Waals surface area contributed by atoms with E-state index in [1.165, 1.54) is 0 Å². The Balaban J connectivity index is 2.10. The Morgan fingerprint density at radius 3 is 2.37 bits per heavy atom. The molecule has 146 valence electrons. The lowest BCUT2D eigenvalue weighted by atomic mass is 10.1. The first-order valence-corrected chi connectivity index (χ1v) is 9.16. The Kier molecular flexibility index (Phi) is 7.11. The van der Waals surface area contributed by atoms with Crippen molar-refractivity contribution in [2.75, 3.05) is 14.2 Å². The number of methoxy groups -OCH3 is 2. The van der Waals surface area contributed by atoms with Crippen LogP contribution in [0.3, 0.4) is 0 Å². The number of hydrogen-bond acceptors (Lipinski definition) is 4. The van der Waals surface area contributed by atoms with Crippen LogP contribution in [-0.2, 0) is 4.79 Å². The molecular formula is C22H29NO4. The lowest BCUT2D eigenvalue weighted by Gasteiger charge is -2.22. The van der Waals surface area contributed by atoms with Crippen molar-refractivity contribution >= 4 is 5.91 Å². The molecule has 0 unspecified atom stereocenters. The fraction of sp³-hybridized carbons (Fsp3) is 0.409. The summed E-state index contributed by atoms with van der Waals surface area (Å²) in [6.45, 7) is 7.91. The molecule has 0 heterocycles. The zero-order chi connectivity index (χ0) is 20.0. The molecule has 0 aliphatic heterocycles. The smallest absolute Gasteiger partial charge is 0.261 e. The first kappa shape index (κ1) is 20.6. The Labute approximate surface area is 161 Å². The van der Waals surface area contributed by atoms with Gasteiger partial charge in [-0.05, 0) is 62.1 Å². The van der Waals surface area contributed by atoms with Crippen molar-refractivity contribution in [2.24, 2.45) is 0 Å². The molecule has 2 aromatic carbocycles. The van der Waals surface area contributed by atoms with E-state index >= 15 is 0 Å². The van der Waals surface area contributed by atoms with Gasteiger partial charge in [-0.1, -0.05) is 25.1 Å². The highest BCUT2D eigenvalue weighted by Crippen LogP contribution is 2.30. The van der Waals surface area contributed by atoms with Gasteiger partial charge in [0.05, 0.1) is 20.3 Å². The van der Waals surface area contributed by atoms with E-state index in [0.29, 0.717) is 17.9 Å². The molecule has 5 nitrogen and oxygen atoms in total. The first-order chi connectivity index (χ1) is 12.9. The molecule has 2 aromatic rings. The third-order valence-corrected chi connectivity index (χ3v) is 4.75. The van der Waals surface area contributed by atoms with Gasteiger partial charge in [-0.15, -0.1) is 0 Å². The molecule has 0 radical (unpaired) electrons. The van der Waals surface area contributed by atoms with Gasteiger partial charge in [0.1, 0.15) is 5.75 Å². The van der Waals surface area contributed by atoms with Crippen LogP contribution >= 0.6 is 0 Å². The van der Waals surface area contributed by atoms with Crippen LogP contribution in [0.25, 0.3) is 0 Å². The zero-order valence-electron chi connectivity index (χ0n) is 17.0. The van der Waals surface area contributed by atoms with E-state index < -0.39 is 6.10 Å². The normalized spacial score (nSPS) is 12.8. The summed E-state index contributed by atoms with van der Waals surface area (Å²) in [6.07, 6.45) is 0.0332. The average Bonchev–Trinajstić information content (AvgIpc) is 2.68. The van der Waals surface area contributed by atoms with Crippen LogP contribution in [0, 0.1) is 13.8 Å². The number of ether oxygens (including phenoxy) is 3. The van der Waals surface area contributed by atoms with Crippen LogP contribution in [0.5, 0.6) is 17.2 Å². The molecule has 0 spiro atoms. The Morgan fingerprint density at radius 2 is 1.74 bits per heavy atom. The topological polar surface area (TPSA) is 56.8 Å². The first-order valence-electron chi connectivity index (χ1n) is 9.16. The lowest BCUT2D eigenvalue weighted by Crippen LogP contribution is -2.39. The molecule has 2 rings (SSSR count). The summed E-state index contributed by atoms with van der Waals surface area (Å²) >= 11 is 0. The largest absolute Gasteiger partial charge is 0.493 e. The van der Waals surface area contributed by atoms with Crippen LogP contribution in [0.1, 0.15) is 43.0 Å². The zero-order valence-corrected chi connectivity index (χ0v) is 17.0. The molecular weight excluding hydrogens is 342 g/mol. The van der Waals surface area contributed by atoms with Gasteiger partial charge < -0.3 is 19.5 Å². The Hall–Kier alpha value is -2.69. The summed E-state index contributed by atoms with van der Waals surface area (Å²) in [4.78, 5) is 12.7. The monoisotopic (exact) mass is 371 g/mol. The molecule has 1 amide bonds. The summed E-state index contributed by atoms with van der Waals surface area (Å²) in [7, 11) is 3.19. The minimum atomic E-state index is -0.548. The maximum absolute atomic E-state index is 12.7. The Morgan fingerprint density at radius 1 is 1.04 bits per heavy atom. The molecule has 2 atom stereocenters. The highest BCUT2D eigenvalue weighted by molar-refractivity contribution is 5.81. The van der Waals surface area contributed by atoms with Crippen molar-refractivity contribution in [3.8, 4) is 17.2 Å². The lowest BCUT2D eigenvalue weighted by molar-refractivity contribution is -0.128. The number of rotatable bonds is 8. The number of amides is 1. The quantitative estimate of drug-likeness (QED) is 0.749. The summed E-state index contributed by atoms with van der Waals surface area (Å²) in [5.41, 5.74) is 3.13.